The van der Waals surface area contributed by atoms with Gasteiger partial charge < -0.3 is 15.3 Å². The summed E-state index contributed by atoms with van der Waals surface area (Å²) in [5.74, 6) is -0.163. The van der Waals surface area contributed by atoms with Crippen molar-refractivity contribution < 1.29 is 14.3 Å². The molecule has 0 unspecified atom stereocenters. The number of benzene rings is 1. The number of fused-ring (bicyclic) bond motifs is 3. The number of nitrogens with two attached hydrogens (primary N) is 1. The van der Waals surface area contributed by atoms with Crippen molar-refractivity contribution in [3.8, 4) is 0 Å². The van der Waals surface area contributed by atoms with Crippen molar-refractivity contribution in [2.45, 2.75) is 6.42 Å². The van der Waals surface area contributed by atoms with Gasteiger partial charge in [-0.15, -0.1) is 0 Å². The first kappa shape index (κ1) is 12.2. The third-order valence-corrected chi connectivity index (χ3v) is 4.49. The fourth-order valence-electron chi connectivity index (χ4n) is 2.63. The van der Waals surface area contributed by atoms with Crippen molar-refractivity contribution in [2.24, 2.45) is 0 Å². The highest BCUT2D eigenvalue weighted by atomic mass is 32.1. The average molecular weight is 298 g/mol. The second-order valence-corrected chi connectivity index (χ2v) is 5.84. The lowest BCUT2D eigenvalue weighted by Gasteiger charge is -2.17. The summed E-state index contributed by atoms with van der Waals surface area (Å²) in [6.07, 6.45) is 1.96. The zero-order valence-electron chi connectivity index (χ0n) is 10.8. The summed E-state index contributed by atoms with van der Waals surface area (Å²) in [6, 6.07) is 7.15. The van der Waals surface area contributed by atoms with Gasteiger partial charge in [-0.1, -0.05) is 17.4 Å². The number of hydrogen-bond acceptors (Lipinski definition) is 6. The molecule has 2 heterocycles. The Labute approximate surface area is 123 Å². The Kier molecular flexibility index (Phi) is 2.43. The number of aromatic nitrogens is 1. The number of carbonyl (C=O) groups is 1. The number of nitrogen functional groups attached to an aromatic ring is 1. The third kappa shape index (κ3) is 1.69. The number of rotatable bonds is 1. The van der Waals surface area contributed by atoms with Gasteiger partial charge in [0, 0.05) is 17.6 Å². The minimum atomic E-state index is -0.406. The van der Waals surface area contributed by atoms with Gasteiger partial charge in [-0.3, -0.25) is 4.79 Å². The fraction of sp³-hybridized carbons (Fsp3) is 0.0667. The molecule has 1 aliphatic carbocycles. The van der Waals surface area contributed by atoms with Crippen LogP contribution in [-0.4, -0.2) is 15.9 Å². The quantitative estimate of drug-likeness (QED) is 0.720. The molecule has 0 amide bonds. The number of thiazole rings is 1. The molecule has 0 spiro atoms. The van der Waals surface area contributed by atoms with Crippen LogP contribution < -0.4 is 5.73 Å². The molecule has 0 saturated carbocycles. The van der Waals surface area contributed by atoms with Crippen molar-refractivity contribution in [3.63, 3.8) is 0 Å². The monoisotopic (exact) mass is 298 g/mol. The summed E-state index contributed by atoms with van der Waals surface area (Å²) in [6.45, 7) is 0. The van der Waals surface area contributed by atoms with E-state index in [1.807, 2.05) is 12.1 Å². The van der Waals surface area contributed by atoms with Crippen molar-refractivity contribution in [3.05, 3.63) is 53.2 Å². The van der Waals surface area contributed by atoms with Gasteiger partial charge in [0.25, 0.3) is 0 Å². The van der Waals surface area contributed by atoms with Crippen molar-refractivity contribution >= 4 is 38.0 Å². The van der Waals surface area contributed by atoms with E-state index in [1.54, 1.807) is 12.1 Å². The number of aliphatic hydroxyl groups excluding tert-OH is 1. The Morgan fingerprint density at radius 1 is 1.33 bits per heavy atom. The van der Waals surface area contributed by atoms with Crippen molar-refractivity contribution in [1.29, 1.82) is 0 Å². The molecule has 4 rings (SSSR count). The largest absolute Gasteiger partial charge is 0.504 e. The van der Waals surface area contributed by atoms with Gasteiger partial charge >= 0.3 is 0 Å². The maximum atomic E-state index is 12.5. The molecule has 0 atom stereocenters. The molecule has 3 N–H and O–H groups in total. The number of carbonyl (C=O) groups excluding carboxylic acids is 1. The molecule has 0 bridgehead atoms. The lowest BCUT2D eigenvalue weighted by Crippen LogP contribution is -2.15. The molecule has 2 aromatic heterocycles. The normalized spacial score (nSPS) is 14.8. The molecule has 3 aromatic rings. The van der Waals surface area contributed by atoms with Gasteiger partial charge in [-0.05, 0) is 23.8 Å². The molecular formula is C15H10N2O3S. The lowest BCUT2D eigenvalue weighted by molar-refractivity contribution is 0.0977. The van der Waals surface area contributed by atoms with Crippen molar-refractivity contribution in [2.75, 3.05) is 5.73 Å². The number of anilines is 1. The van der Waals surface area contributed by atoms with E-state index in [2.05, 4.69) is 4.98 Å². The molecule has 0 aliphatic heterocycles. The van der Waals surface area contributed by atoms with Crippen LogP contribution in [0.1, 0.15) is 21.7 Å². The first-order chi connectivity index (χ1) is 10.1. The van der Waals surface area contributed by atoms with Crippen LogP contribution >= 0.6 is 11.3 Å². The maximum absolute atomic E-state index is 12.5. The second kappa shape index (κ2) is 4.20. The molecule has 21 heavy (non-hydrogen) atoms. The van der Waals surface area contributed by atoms with Crippen LogP contribution in [0.2, 0.25) is 0 Å². The molecule has 1 aliphatic rings. The van der Waals surface area contributed by atoms with Gasteiger partial charge in [-0.2, -0.15) is 0 Å². The number of aliphatic hydroxyl groups is 1. The van der Waals surface area contributed by atoms with Crippen molar-refractivity contribution in [1.82, 2.24) is 4.98 Å². The minimum Gasteiger partial charge on any atom is -0.504 e. The van der Waals surface area contributed by atoms with E-state index in [0.717, 1.165) is 10.3 Å². The summed E-state index contributed by atoms with van der Waals surface area (Å²) in [4.78, 5) is 16.7. The van der Waals surface area contributed by atoms with Gasteiger partial charge in [0.15, 0.2) is 10.9 Å². The van der Waals surface area contributed by atoms with Gasteiger partial charge in [0.1, 0.15) is 5.76 Å². The lowest BCUT2D eigenvalue weighted by atomic mass is 9.88. The topological polar surface area (TPSA) is 89.3 Å². The molecule has 5 nitrogen and oxygen atoms in total. The molecule has 6 heteroatoms. The second-order valence-electron chi connectivity index (χ2n) is 4.81. The van der Waals surface area contributed by atoms with Crippen LogP contribution in [0.5, 0.6) is 0 Å². The van der Waals surface area contributed by atoms with Crippen LogP contribution in [-0.2, 0) is 6.42 Å². The Morgan fingerprint density at radius 2 is 2.19 bits per heavy atom. The number of nitrogens with zero attached hydrogens (tertiary/aromatic N) is 1. The summed E-state index contributed by atoms with van der Waals surface area (Å²) < 4.78 is 6.02. The number of hydrogen-bond donors (Lipinski definition) is 2. The Hall–Kier alpha value is -2.60. The molecular weight excluding hydrogens is 288 g/mol. The Bertz CT molecular complexity index is 907. The van der Waals surface area contributed by atoms with Crippen LogP contribution in [0.15, 0.2) is 40.7 Å². The number of furan rings is 1. The number of Topliss-reactive ketones (excluding diaryl/α,β-unsaturated/α-hetero) is 1. The Morgan fingerprint density at radius 3 is 2.95 bits per heavy atom. The van der Waals surface area contributed by atoms with Crippen LogP contribution in [0.4, 0.5) is 5.13 Å². The van der Waals surface area contributed by atoms with Crippen LogP contribution in [0.25, 0.3) is 15.8 Å². The Balaban J connectivity index is 1.96. The molecule has 1 aromatic carbocycles. The average Bonchev–Trinajstić information content (AvgIpc) is 3.10. The zero-order valence-corrected chi connectivity index (χ0v) is 11.6. The SMILES string of the molecule is Nc1nc2ccc3c(c2s1)C(=O)C(O)=C(c1ccco1)C3. The summed E-state index contributed by atoms with van der Waals surface area (Å²) >= 11 is 1.26. The van der Waals surface area contributed by atoms with E-state index in [0.29, 0.717) is 34.0 Å². The van der Waals surface area contributed by atoms with E-state index >= 15 is 0 Å². The van der Waals surface area contributed by atoms with Gasteiger partial charge in [0.2, 0.25) is 5.78 Å². The van der Waals surface area contributed by atoms with E-state index in [1.165, 1.54) is 17.6 Å². The molecule has 0 radical (unpaired) electrons. The van der Waals surface area contributed by atoms with E-state index < -0.39 is 5.78 Å². The summed E-state index contributed by atoms with van der Waals surface area (Å²) in [5, 5.41) is 10.7. The van der Waals surface area contributed by atoms with Crippen LogP contribution in [0.3, 0.4) is 0 Å². The van der Waals surface area contributed by atoms with Gasteiger partial charge in [0.05, 0.1) is 16.5 Å². The summed E-state index contributed by atoms with van der Waals surface area (Å²) in [5.41, 5.74) is 8.25. The highest BCUT2D eigenvalue weighted by molar-refractivity contribution is 7.22. The van der Waals surface area contributed by atoms with Crippen LogP contribution in [0, 0.1) is 0 Å². The smallest absolute Gasteiger partial charge is 0.229 e. The summed E-state index contributed by atoms with van der Waals surface area (Å²) in [7, 11) is 0. The van der Waals surface area contributed by atoms with E-state index in [-0.39, 0.29) is 5.76 Å². The molecule has 0 fully saturated rings. The maximum Gasteiger partial charge on any atom is 0.229 e. The minimum absolute atomic E-state index is 0.267. The van der Waals surface area contributed by atoms with Gasteiger partial charge in [-0.25, -0.2) is 4.98 Å². The zero-order chi connectivity index (χ0) is 14.6. The fourth-order valence-corrected chi connectivity index (χ4v) is 3.53. The number of ketones is 1. The third-order valence-electron chi connectivity index (χ3n) is 3.57. The molecule has 104 valence electrons. The first-order valence-corrected chi connectivity index (χ1v) is 7.15. The highest BCUT2D eigenvalue weighted by Gasteiger charge is 2.30. The predicted octanol–water partition coefficient (Wildman–Crippen LogP) is 3.18. The first-order valence-electron chi connectivity index (χ1n) is 6.33. The van der Waals surface area contributed by atoms with E-state index in [9.17, 15) is 9.90 Å². The predicted molar refractivity (Wildman–Crippen MR) is 80.3 cm³/mol. The number of allylic oxidation sites excluding steroid dienone is 2. The van der Waals surface area contributed by atoms with E-state index in [4.69, 9.17) is 10.2 Å². The molecule has 0 saturated heterocycles. The highest BCUT2D eigenvalue weighted by Crippen LogP contribution is 2.37. The standard InChI is InChI=1S/C15H10N2O3S/c16-15-17-9-4-3-7-6-8(10-2-1-5-20-10)12(18)13(19)11(7)14(9)21-15/h1-5,18H,6H2,(H2,16,17).